The van der Waals surface area contributed by atoms with Crippen molar-refractivity contribution in [2.24, 2.45) is 5.92 Å². The van der Waals surface area contributed by atoms with Gasteiger partial charge in [0.15, 0.2) is 0 Å². The van der Waals surface area contributed by atoms with Gasteiger partial charge in [0.2, 0.25) is 0 Å². The van der Waals surface area contributed by atoms with E-state index in [1.807, 2.05) is 12.3 Å². The standard InChI is InChI=1S/C24H36FN3/c1-7-9-23(20-11-12-22(26-16-20)10-8-13-25)27-19(5)21-14-18(4)28(6)24(15-21)17(2)3/h9,11-12,14-19,27H,7-8,10,13H2,1-6H3/b23-9+. The largest absolute Gasteiger partial charge is 0.378 e. The second-order valence-corrected chi connectivity index (χ2v) is 7.96. The summed E-state index contributed by atoms with van der Waals surface area (Å²) in [5.74, 6) is 0.495. The van der Waals surface area contributed by atoms with Gasteiger partial charge >= 0.3 is 0 Å². The Morgan fingerprint density at radius 3 is 2.64 bits per heavy atom. The van der Waals surface area contributed by atoms with E-state index in [4.69, 9.17) is 0 Å². The number of hydrogen-bond donors (Lipinski definition) is 1. The average Bonchev–Trinajstić information content (AvgIpc) is 2.68. The first kappa shape index (κ1) is 22.2. The molecule has 2 heterocycles. The van der Waals surface area contributed by atoms with Crippen LogP contribution in [-0.2, 0) is 6.42 Å². The highest BCUT2D eigenvalue weighted by atomic mass is 19.1. The van der Waals surface area contributed by atoms with Gasteiger partial charge in [0.25, 0.3) is 0 Å². The Hall–Kier alpha value is -2.10. The summed E-state index contributed by atoms with van der Waals surface area (Å²) in [4.78, 5) is 6.87. The van der Waals surface area contributed by atoms with E-state index in [1.54, 1.807) is 0 Å². The number of nitrogens with one attached hydrogen (secondary N) is 1. The molecule has 3 nitrogen and oxygen atoms in total. The van der Waals surface area contributed by atoms with Crippen LogP contribution in [0.2, 0.25) is 0 Å². The fourth-order valence-corrected chi connectivity index (χ4v) is 3.55. The third-order valence-electron chi connectivity index (χ3n) is 5.34. The van der Waals surface area contributed by atoms with Crippen molar-refractivity contribution < 1.29 is 4.39 Å². The Morgan fingerprint density at radius 1 is 1.32 bits per heavy atom. The number of rotatable bonds is 9. The topological polar surface area (TPSA) is 28.2 Å². The zero-order chi connectivity index (χ0) is 20.7. The smallest absolute Gasteiger partial charge is 0.0898 e. The molecule has 2 rings (SSSR count). The van der Waals surface area contributed by atoms with Crippen LogP contribution in [0.4, 0.5) is 4.39 Å². The van der Waals surface area contributed by atoms with E-state index < -0.39 is 0 Å². The van der Waals surface area contributed by atoms with Crippen LogP contribution in [0.1, 0.15) is 58.7 Å². The number of pyridine rings is 1. The molecule has 0 radical (unpaired) electrons. The molecule has 0 aromatic carbocycles. The second-order valence-electron chi connectivity index (χ2n) is 7.96. The van der Waals surface area contributed by atoms with E-state index in [0.717, 1.165) is 23.4 Å². The number of nitrogens with zero attached hydrogens (tertiary/aromatic N) is 2. The summed E-state index contributed by atoms with van der Waals surface area (Å²) in [5.41, 5.74) is 5.82. The molecule has 1 aromatic rings. The highest BCUT2D eigenvalue weighted by molar-refractivity contribution is 5.64. The maximum absolute atomic E-state index is 12.4. The molecule has 0 saturated carbocycles. The fourth-order valence-electron chi connectivity index (χ4n) is 3.55. The van der Waals surface area contributed by atoms with Gasteiger partial charge in [0.05, 0.1) is 6.67 Å². The molecule has 1 aliphatic heterocycles. The average molecular weight is 386 g/mol. The zero-order valence-electron chi connectivity index (χ0n) is 18.3. The van der Waals surface area contributed by atoms with Crippen LogP contribution in [0.15, 0.2) is 47.8 Å². The molecule has 1 N–H and O–H groups in total. The van der Waals surface area contributed by atoms with Crippen LogP contribution >= 0.6 is 0 Å². The van der Waals surface area contributed by atoms with E-state index in [9.17, 15) is 4.39 Å². The first-order chi connectivity index (χ1) is 13.4. The third kappa shape index (κ3) is 5.70. The van der Waals surface area contributed by atoms with Crippen molar-refractivity contribution in [3.63, 3.8) is 0 Å². The fraction of sp³-hybridized carbons (Fsp3) is 0.542. The number of halogens is 1. The van der Waals surface area contributed by atoms with Crippen molar-refractivity contribution in [2.75, 3.05) is 13.7 Å². The van der Waals surface area contributed by atoms with E-state index in [0.29, 0.717) is 24.8 Å². The SMILES string of the molecule is CC/C=C(/NC(C)C1=CC(C)N(C)C(C(C)C)=C1)c1ccc(CCCF)nc1. The third-order valence-corrected chi connectivity index (χ3v) is 5.34. The van der Waals surface area contributed by atoms with Gasteiger partial charge in [-0.25, -0.2) is 0 Å². The summed E-state index contributed by atoms with van der Waals surface area (Å²) < 4.78 is 12.4. The summed E-state index contributed by atoms with van der Waals surface area (Å²) in [6, 6.07) is 4.68. The Kier molecular flexibility index (Phi) is 8.28. The molecule has 0 aliphatic carbocycles. The number of allylic oxidation sites excluding steroid dienone is 2. The maximum Gasteiger partial charge on any atom is 0.0898 e. The molecule has 0 fully saturated rings. The van der Waals surface area contributed by atoms with Crippen molar-refractivity contribution in [2.45, 2.75) is 66.0 Å². The molecule has 0 saturated heterocycles. The predicted molar refractivity (Wildman–Crippen MR) is 118 cm³/mol. The summed E-state index contributed by atoms with van der Waals surface area (Å²) in [6.45, 7) is 10.8. The molecular formula is C24H36FN3. The van der Waals surface area contributed by atoms with Gasteiger partial charge < -0.3 is 10.2 Å². The predicted octanol–water partition coefficient (Wildman–Crippen LogP) is 5.51. The Bertz CT molecular complexity index is 716. The Labute approximate surface area is 170 Å². The molecule has 28 heavy (non-hydrogen) atoms. The molecule has 0 amide bonds. The van der Waals surface area contributed by atoms with Crippen LogP contribution < -0.4 is 5.32 Å². The van der Waals surface area contributed by atoms with Crippen molar-refractivity contribution in [3.8, 4) is 0 Å². The van der Waals surface area contributed by atoms with Gasteiger partial charge in [-0.1, -0.05) is 32.9 Å². The van der Waals surface area contributed by atoms with E-state index in [-0.39, 0.29) is 12.7 Å². The van der Waals surface area contributed by atoms with Crippen LogP contribution in [0, 0.1) is 5.92 Å². The number of aromatic nitrogens is 1. The monoisotopic (exact) mass is 385 g/mol. The van der Waals surface area contributed by atoms with E-state index >= 15 is 0 Å². The normalized spacial score (nSPS) is 18.8. The lowest BCUT2D eigenvalue weighted by Crippen LogP contribution is -2.35. The van der Waals surface area contributed by atoms with Crippen molar-refractivity contribution in [1.29, 1.82) is 0 Å². The van der Waals surface area contributed by atoms with Gasteiger partial charge in [0.1, 0.15) is 0 Å². The molecular weight excluding hydrogens is 349 g/mol. The Balaban J connectivity index is 2.18. The highest BCUT2D eigenvalue weighted by Gasteiger charge is 2.22. The quantitative estimate of drug-likeness (QED) is 0.607. The second kappa shape index (κ2) is 10.4. The molecule has 4 heteroatoms. The summed E-state index contributed by atoms with van der Waals surface area (Å²) in [6.07, 6.45) is 10.9. The molecule has 0 bridgehead atoms. The molecule has 2 unspecified atom stereocenters. The van der Waals surface area contributed by atoms with Crippen molar-refractivity contribution >= 4 is 5.70 Å². The minimum absolute atomic E-state index is 0.203. The first-order valence-electron chi connectivity index (χ1n) is 10.5. The molecule has 1 aliphatic rings. The van der Waals surface area contributed by atoms with Gasteiger partial charge in [-0.3, -0.25) is 9.37 Å². The Morgan fingerprint density at radius 2 is 2.07 bits per heavy atom. The van der Waals surface area contributed by atoms with Crippen molar-refractivity contribution in [1.82, 2.24) is 15.2 Å². The lowest BCUT2D eigenvalue weighted by molar-refractivity contribution is 0.328. The molecule has 2 atom stereocenters. The van der Waals surface area contributed by atoms with Crippen molar-refractivity contribution in [3.05, 3.63) is 59.1 Å². The van der Waals surface area contributed by atoms with E-state index in [1.165, 1.54) is 11.3 Å². The van der Waals surface area contributed by atoms with Crippen LogP contribution in [0.5, 0.6) is 0 Å². The maximum atomic E-state index is 12.4. The molecule has 154 valence electrons. The van der Waals surface area contributed by atoms with Gasteiger partial charge in [-0.2, -0.15) is 0 Å². The van der Waals surface area contributed by atoms with Crippen LogP contribution in [0.3, 0.4) is 0 Å². The minimum Gasteiger partial charge on any atom is -0.378 e. The van der Waals surface area contributed by atoms with Crippen LogP contribution in [0.25, 0.3) is 5.70 Å². The highest BCUT2D eigenvalue weighted by Crippen LogP contribution is 2.26. The number of alkyl halides is 1. The molecule has 0 spiro atoms. The van der Waals surface area contributed by atoms with Gasteiger partial charge in [-0.05, 0) is 62.8 Å². The lowest BCUT2D eigenvalue weighted by atomic mass is 9.95. The van der Waals surface area contributed by atoms with Gasteiger partial charge in [0, 0.05) is 48.0 Å². The lowest BCUT2D eigenvalue weighted by Gasteiger charge is -2.35. The zero-order valence-corrected chi connectivity index (χ0v) is 18.3. The minimum atomic E-state index is -0.294. The first-order valence-corrected chi connectivity index (χ1v) is 10.5. The molecule has 1 aromatic heterocycles. The summed E-state index contributed by atoms with van der Waals surface area (Å²) in [5, 5.41) is 3.69. The number of hydrogen-bond acceptors (Lipinski definition) is 3. The van der Waals surface area contributed by atoms with Crippen LogP contribution in [-0.4, -0.2) is 35.7 Å². The van der Waals surface area contributed by atoms with E-state index in [2.05, 4.69) is 81.2 Å². The van der Waals surface area contributed by atoms with Gasteiger partial charge in [-0.15, -0.1) is 0 Å². The number of likely N-dealkylation sites (N-methyl/N-ethyl adjacent to an activating group) is 1. The summed E-state index contributed by atoms with van der Waals surface area (Å²) in [7, 11) is 2.17. The summed E-state index contributed by atoms with van der Waals surface area (Å²) >= 11 is 0. The number of aryl methyl sites for hydroxylation is 1.